The van der Waals surface area contributed by atoms with Crippen LogP contribution in [0, 0.1) is 5.92 Å². The van der Waals surface area contributed by atoms with Gasteiger partial charge in [0.1, 0.15) is 5.75 Å². The molecule has 1 aromatic rings. The maximum absolute atomic E-state index is 12.9. The third-order valence-corrected chi connectivity index (χ3v) is 7.27. The number of rotatable bonds is 5. The van der Waals surface area contributed by atoms with Crippen LogP contribution in [0.5, 0.6) is 5.75 Å². The van der Waals surface area contributed by atoms with Crippen molar-refractivity contribution in [1.82, 2.24) is 4.90 Å². The summed E-state index contributed by atoms with van der Waals surface area (Å²) in [6.07, 6.45) is 2.59. The van der Waals surface area contributed by atoms with Crippen LogP contribution in [0.25, 0.3) is 0 Å². The SMILES string of the molecule is CC(C)Oc1cccc(CC(=O)N2CCC3(B4OC(C)(C)C(C)(C)O4)CC3C2)c1. The maximum atomic E-state index is 12.9. The molecule has 2 aliphatic heterocycles. The molecule has 1 aliphatic carbocycles. The predicted octanol–water partition coefficient (Wildman–Crippen LogP) is 4.10. The Bertz CT molecular complexity index is 777. The van der Waals surface area contributed by atoms with Crippen molar-refractivity contribution < 1.29 is 18.8 Å². The van der Waals surface area contributed by atoms with Gasteiger partial charge in [0, 0.05) is 18.4 Å². The molecule has 1 amide bonds. The van der Waals surface area contributed by atoms with E-state index in [4.69, 9.17) is 14.0 Å². The van der Waals surface area contributed by atoms with E-state index in [0.29, 0.717) is 12.3 Å². The highest BCUT2D eigenvalue weighted by Crippen LogP contribution is 2.69. The van der Waals surface area contributed by atoms with E-state index >= 15 is 0 Å². The third-order valence-electron chi connectivity index (χ3n) is 7.27. The van der Waals surface area contributed by atoms with Crippen molar-refractivity contribution in [3.63, 3.8) is 0 Å². The first-order chi connectivity index (χ1) is 13.5. The molecule has 0 radical (unpaired) electrons. The predicted molar refractivity (Wildman–Crippen MR) is 114 cm³/mol. The number of fused-ring (bicyclic) bond motifs is 1. The summed E-state index contributed by atoms with van der Waals surface area (Å²) >= 11 is 0. The molecule has 2 heterocycles. The first-order valence-electron chi connectivity index (χ1n) is 10.9. The Balaban J connectivity index is 1.35. The fourth-order valence-electron chi connectivity index (χ4n) is 4.65. The highest BCUT2D eigenvalue weighted by molar-refractivity contribution is 6.51. The highest BCUT2D eigenvalue weighted by atomic mass is 16.7. The molecule has 6 heteroatoms. The zero-order valence-corrected chi connectivity index (χ0v) is 18.7. The minimum atomic E-state index is -0.296. The van der Waals surface area contributed by atoms with Crippen molar-refractivity contribution in [1.29, 1.82) is 0 Å². The van der Waals surface area contributed by atoms with Crippen molar-refractivity contribution in [3.8, 4) is 5.75 Å². The van der Waals surface area contributed by atoms with Crippen molar-refractivity contribution >= 4 is 13.0 Å². The number of amides is 1. The first kappa shape index (κ1) is 20.7. The second-order valence-electron chi connectivity index (χ2n) is 10.3. The monoisotopic (exact) mass is 399 g/mol. The summed E-state index contributed by atoms with van der Waals surface area (Å²) in [4.78, 5) is 14.9. The Labute approximate surface area is 175 Å². The highest BCUT2D eigenvalue weighted by Gasteiger charge is 2.70. The average molecular weight is 399 g/mol. The number of hydrogen-bond acceptors (Lipinski definition) is 4. The van der Waals surface area contributed by atoms with Crippen LogP contribution in [0.15, 0.2) is 24.3 Å². The van der Waals surface area contributed by atoms with Gasteiger partial charge in [0.15, 0.2) is 0 Å². The van der Waals surface area contributed by atoms with Gasteiger partial charge in [0.25, 0.3) is 0 Å². The normalized spacial score (nSPS) is 29.7. The molecule has 0 spiro atoms. The molecule has 158 valence electrons. The molecule has 1 aromatic carbocycles. The summed E-state index contributed by atoms with van der Waals surface area (Å²) in [5.41, 5.74) is 0.414. The van der Waals surface area contributed by atoms with Crippen molar-refractivity contribution in [2.24, 2.45) is 5.92 Å². The number of benzene rings is 1. The lowest BCUT2D eigenvalue weighted by Crippen LogP contribution is -2.42. The Morgan fingerprint density at radius 3 is 2.55 bits per heavy atom. The van der Waals surface area contributed by atoms with Crippen LogP contribution < -0.4 is 4.74 Å². The molecule has 2 atom stereocenters. The molecule has 0 N–H and O–H groups in total. The van der Waals surface area contributed by atoms with Crippen LogP contribution in [0.3, 0.4) is 0 Å². The van der Waals surface area contributed by atoms with Crippen LogP contribution in [-0.4, -0.2) is 48.3 Å². The lowest BCUT2D eigenvalue weighted by atomic mass is 9.63. The number of likely N-dealkylation sites (tertiary alicyclic amines) is 1. The van der Waals surface area contributed by atoms with Gasteiger partial charge in [-0.3, -0.25) is 4.79 Å². The number of carbonyl (C=O) groups is 1. The molecule has 1 saturated carbocycles. The summed E-state index contributed by atoms with van der Waals surface area (Å²) in [5, 5.41) is 0.0901. The van der Waals surface area contributed by atoms with Crippen LogP contribution in [-0.2, 0) is 20.5 Å². The van der Waals surface area contributed by atoms with E-state index in [2.05, 4.69) is 27.7 Å². The van der Waals surface area contributed by atoms with Crippen molar-refractivity contribution in [2.75, 3.05) is 13.1 Å². The summed E-state index contributed by atoms with van der Waals surface area (Å²) in [6.45, 7) is 14.0. The average Bonchev–Trinajstić information content (AvgIpc) is 3.30. The number of nitrogens with zero attached hydrogens (tertiary/aromatic N) is 1. The Morgan fingerprint density at radius 1 is 1.24 bits per heavy atom. The van der Waals surface area contributed by atoms with Gasteiger partial charge in [-0.15, -0.1) is 0 Å². The molecule has 3 aliphatic rings. The van der Waals surface area contributed by atoms with Crippen LogP contribution in [0.2, 0.25) is 5.31 Å². The van der Waals surface area contributed by atoms with Gasteiger partial charge in [0.05, 0.1) is 23.7 Å². The molecule has 3 fully saturated rings. The summed E-state index contributed by atoms with van der Waals surface area (Å²) in [7, 11) is -0.153. The molecule has 2 unspecified atom stereocenters. The lowest BCUT2D eigenvalue weighted by Gasteiger charge is -2.32. The topological polar surface area (TPSA) is 48.0 Å². The Kier molecular flexibility index (Phi) is 5.02. The number of hydrogen-bond donors (Lipinski definition) is 0. The van der Waals surface area contributed by atoms with E-state index in [1.807, 2.05) is 43.0 Å². The number of piperidine rings is 1. The third kappa shape index (κ3) is 3.82. The second kappa shape index (κ2) is 7.02. The van der Waals surface area contributed by atoms with E-state index in [1.165, 1.54) is 0 Å². The zero-order chi connectivity index (χ0) is 21.0. The van der Waals surface area contributed by atoms with Gasteiger partial charge in [-0.1, -0.05) is 12.1 Å². The Hall–Kier alpha value is -1.53. The fourth-order valence-corrected chi connectivity index (χ4v) is 4.65. The summed E-state index contributed by atoms with van der Waals surface area (Å²) in [5.74, 6) is 1.50. The van der Waals surface area contributed by atoms with Crippen LogP contribution in [0.4, 0.5) is 0 Å². The largest absolute Gasteiger partial charge is 0.491 e. The van der Waals surface area contributed by atoms with E-state index in [1.54, 1.807) is 0 Å². The van der Waals surface area contributed by atoms with E-state index < -0.39 is 0 Å². The quantitative estimate of drug-likeness (QED) is 0.700. The minimum absolute atomic E-state index is 0.0901. The standard InChI is InChI=1S/C23H34BNO4/c1-16(2)27-19-9-7-8-17(12-19)13-20(26)25-11-10-23(14-18(23)15-25)24-28-21(3,4)22(5,6)29-24/h7-9,12,16,18H,10-11,13-15H2,1-6H3. The van der Waals surface area contributed by atoms with Crippen LogP contribution in [0.1, 0.15) is 59.9 Å². The summed E-state index contributed by atoms with van der Waals surface area (Å²) in [6, 6.07) is 7.88. The van der Waals surface area contributed by atoms with Gasteiger partial charge in [0.2, 0.25) is 5.91 Å². The van der Waals surface area contributed by atoms with E-state index in [9.17, 15) is 4.79 Å². The number of carbonyl (C=O) groups excluding carboxylic acids is 1. The molecule has 0 aromatic heterocycles. The molecule has 2 saturated heterocycles. The maximum Gasteiger partial charge on any atom is 0.464 e. The minimum Gasteiger partial charge on any atom is -0.491 e. The lowest BCUT2D eigenvalue weighted by molar-refractivity contribution is -0.131. The Morgan fingerprint density at radius 2 is 1.93 bits per heavy atom. The second-order valence-corrected chi connectivity index (χ2v) is 10.3. The molecule has 0 bridgehead atoms. The summed E-state index contributed by atoms with van der Waals surface area (Å²) < 4.78 is 18.4. The van der Waals surface area contributed by atoms with Gasteiger partial charge < -0.3 is 18.9 Å². The van der Waals surface area contributed by atoms with E-state index in [-0.39, 0.29) is 35.6 Å². The van der Waals surface area contributed by atoms with Gasteiger partial charge in [-0.25, -0.2) is 0 Å². The van der Waals surface area contributed by atoms with Gasteiger partial charge in [-0.2, -0.15) is 0 Å². The van der Waals surface area contributed by atoms with Crippen LogP contribution >= 0.6 is 0 Å². The van der Waals surface area contributed by atoms with Crippen molar-refractivity contribution in [3.05, 3.63) is 29.8 Å². The first-order valence-corrected chi connectivity index (χ1v) is 10.9. The number of ether oxygens (including phenoxy) is 1. The molecule has 5 nitrogen and oxygen atoms in total. The molecular weight excluding hydrogens is 365 g/mol. The zero-order valence-electron chi connectivity index (χ0n) is 18.7. The smallest absolute Gasteiger partial charge is 0.464 e. The molecule has 29 heavy (non-hydrogen) atoms. The molecule has 4 rings (SSSR count). The van der Waals surface area contributed by atoms with Gasteiger partial charge >= 0.3 is 7.12 Å². The van der Waals surface area contributed by atoms with Crippen molar-refractivity contribution in [2.45, 2.75) is 83.4 Å². The van der Waals surface area contributed by atoms with E-state index in [0.717, 1.165) is 37.2 Å². The fraction of sp³-hybridized carbons (Fsp3) is 0.696. The molecular formula is C23H34BNO4. The van der Waals surface area contributed by atoms with Gasteiger partial charge in [-0.05, 0) is 78.0 Å².